The van der Waals surface area contributed by atoms with Gasteiger partial charge in [-0.25, -0.2) is 4.39 Å². The molecule has 0 aromatic heterocycles. The van der Waals surface area contributed by atoms with Gasteiger partial charge in [-0.15, -0.1) is 0 Å². The maximum absolute atomic E-state index is 13.6. The Labute approximate surface area is 147 Å². The summed E-state index contributed by atoms with van der Waals surface area (Å²) in [6.45, 7) is 1.14. The van der Waals surface area contributed by atoms with Crippen molar-refractivity contribution in [2.75, 3.05) is 20.6 Å². The van der Waals surface area contributed by atoms with Crippen LogP contribution in [0, 0.1) is 5.82 Å². The molecule has 1 fully saturated rings. The highest BCUT2D eigenvalue weighted by Crippen LogP contribution is 2.33. The lowest BCUT2D eigenvalue weighted by molar-refractivity contribution is 0.0827. The Balaban J connectivity index is 1.81. The van der Waals surface area contributed by atoms with Crippen LogP contribution in [0.1, 0.15) is 33.9 Å². The molecule has 0 radical (unpaired) electrons. The van der Waals surface area contributed by atoms with E-state index in [9.17, 15) is 14.3 Å². The minimum atomic E-state index is -0.431. The summed E-state index contributed by atoms with van der Waals surface area (Å²) in [5, 5.41) is 10.1. The third-order valence-corrected chi connectivity index (χ3v) is 4.58. The molecule has 1 heterocycles. The van der Waals surface area contributed by atoms with Crippen LogP contribution in [0.4, 0.5) is 4.39 Å². The van der Waals surface area contributed by atoms with Gasteiger partial charge < -0.3 is 10.0 Å². The van der Waals surface area contributed by atoms with E-state index in [-0.39, 0.29) is 17.8 Å². The summed E-state index contributed by atoms with van der Waals surface area (Å²) in [5.74, 6) is -0.303. The standard InChI is InChI=1S/C20H23FN2O2/c1-22(2)20(25)16-7-3-5-14(9-16)12-23-13-18(24)11-19(23)15-6-4-8-17(21)10-15/h3-10,18-19,24H,11-13H2,1-2H3/t18-,19-/m0/s1. The van der Waals surface area contributed by atoms with Gasteiger partial charge >= 0.3 is 0 Å². The van der Waals surface area contributed by atoms with Gasteiger partial charge in [0, 0.05) is 38.8 Å². The summed E-state index contributed by atoms with van der Waals surface area (Å²) in [4.78, 5) is 15.8. The second-order valence-electron chi connectivity index (χ2n) is 6.79. The largest absolute Gasteiger partial charge is 0.392 e. The highest BCUT2D eigenvalue weighted by molar-refractivity contribution is 5.94. The number of halogens is 1. The number of nitrogens with zero attached hydrogens (tertiary/aromatic N) is 2. The molecule has 2 aromatic rings. The fraction of sp³-hybridized carbons (Fsp3) is 0.350. The number of carbonyl (C=O) groups excluding carboxylic acids is 1. The lowest BCUT2D eigenvalue weighted by atomic mass is 10.0. The van der Waals surface area contributed by atoms with Crippen molar-refractivity contribution in [2.45, 2.75) is 25.1 Å². The molecule has 1 aliphatic rings. The summed E-state index contributed by atoms with van der Waals surface area (Å²) in [7, 11) is 3.46. The first-order valence-electron chi connectivity index (χ1n) is 8.42. The van der Waals surface area contributed by atoms with E-state index in [4.69, 9.17) is 0 Å². The van der Waals surface area contributed by atoms with Gasteiger partial charge in [0.2, 0.25) is 0 Å². The molecule has 0 spiro atoms. The van der Waals surface area contributed by atoms with Crippen molar-refractivity contribution < 1.29 is 14.3 Å². The van der Waals surface area contributed by atoms with E-state index in [0.29, 0.717) is 25.1 Å². The Bertz CT molecular complexity index is 763. The van der Waals surface area contributed by atoms with Gasteiger partial charge in [0.15, 0.2) is 0 Å². The highest BCUT2D eigenvalue weighted by atomic mass is 19.1. The number of aliphatic hydroxyl groups is 1. The molecule has 1 aliphatic heterocycles. The zero-order valence-corrected chi connectivity index (χ0v) is 14.5. The van der Waals surface area contributed by atoms with Crippen LogP contribution in [0.15, 0.2) is 48.5 Å². The van der Waals surface area contributed by atoms with E-state index in [0.717, 1.165) is 11.1 Å². The minimum Gasteiger partial charge on any atom is -0.392 e. The summed E-state index contributed by atoms with van der Waals surface area (Å²) < 4.78 is 13.6. The Morgan fingerprint density at radius 1 is 1.24 bits per heavy atom. The van der Waals surface area contributed by atoms with Crippen LogP contribution in [-0.2, 0) is 6.54 Å². The van der Waals surface area contributed by atoms with Gasteiger partial charge in [0.1, 0.15) is 5.82 Å². The van der Waals surface area contributed by atoms with Crippen LogP contribution in [0.5, 0.6) is 0 Å². The van der Waals surface area contributed by atoms with Crippen LogP contribution in [0.3, 0.4) is 0 Å². The number of amides is 1. The number of hydrogen-bond acceptors (Lipinski definition) is 3. The Morgan fingerprint density at radius 2 is 2.00 bits per heavy atom. The molecule has 5 heteroatoms. The van der Waals surface area contributed by atoms with E-state index in [2.05, 4.69) is 4.90 Å². The summed E-state index contributed by atoms with van der Waals surface area (Å²) in [6.07, 6.45) is 0.152. The molecule has 132 valence electrons. The van der Waals surface area contributed by atoms with E-state index < -0.39 is 6.10 Å². The van der Waals surface area contributed by atoms with Gasteiger partial charge in [0.25, 0.3) is 5.91 Å². The van der Waals surface area contributed by atoms with Crippen LogP contribution in [0.2, 0.25) is 0 Å². The smallest absolute Gasteiger partial charge is 0.253 e. The molecule has 1 N–H and O–H groups in total. The van der Waals surface area contributed by atoms with E-state index in [1.54, 1.807) is 31.1 Å². The van der Waals surface area contributed by atoms with Gasteiger partial charge in [-0.2, -0.15) is 0 Å². The average Bonchev–Trinajstić information content (AvgIpc) is 2.94. The maximum atomic E-state index is 13.6. The predicted octanol–water partition coefficient (Wildman–Crippen LogP) is 2.84. The Kier molecular flexibility index (Phi) is 5.16. The number of likely N-dealkylation sites (tertiary alicyclic amines) is 1. The fourth-order valence-corrected chi connectivity index (χ4v) is 3.41. The van der Waals surface area contributed by atoms with Crippen molar-refractivity contribution in [3.8, 4) is 0 Å². The van der Waals surface area contributed by atoms with Crippen molar-refractivity contribution >= 4 is 5.91 Å². The second kappa shape index (κ2) is 7.33. The Morgan fingerprint density at radius 3 is 2.72 bits per heavy atom. The predicted molar refractivity (Wildman–Crippen MR) is 94.6 cm³/mol. The molecule has 0 bridgehead atoms. The summed E-state index contributed by atoms with van der Waals surface area (Å²) in [6, 6.07) is 14.0. The number of benzene rings is 2. The Hall–Kier alpha value is -2.24. The molecule has 2 atom stereocenters. The second-order valence-corrected chi connectivity index (χ2v) is 6.79. The number of rotatable bonds is 4. The van der Waals surface area contributed by atoms with Gasteiger partial charge in [-0.05, 0) is 41.8 Å². The molecule has 2 aromatic carbocycles. The van der Waals surface area contributed by atoms with Crippen molar-refractivity contribution in [1.82, 2.24) is 9.80 Å². The molecule has 0 unspecified atom stereocenters. The minimum absolute atomic E-state index is 0.0288. The molecule has 1 amide bonds. The zero-order valence-electron chi connectivity index (χ0n) is 14.5. The highest BCUT2D eigenvalue weighted by Gasteiger charge is 2.32. The number of β-amino-alcohol motifs (C(OH)–C–C–N with tert-alkyl or cyclic N) is 1. The molecular weight excluding hydrogens is 319 g/mol. The third kappa shape index (κ3) is 4.06. The normalized spacial score (nSPS) is 20.6. The quantitative estimate of drug-likeness (QED) is 0.929. The number of carbonyl (C=O) groups is 1. The van der Waals surface area contributed by atoms with Crippen LogP contribution in [-0.4, -0.2) is 47.6 Å². The van der Waals surface area contributed by atoms with Crippen LogP contribution in [0.25, 0.3) is 0 Å². The summed E-state index contributed by atoms with van der Waals surface area (Å²) in [5.41, 5.74) is 2.52. The van der Waals surface area contributed by atoms with Gasteiger partial charge in [0.05, 0.1) is 6.10 Å². The molecular formula is C20H23FN2O2. The first kappa shape index (κ1) is 17.6. The topological polar surface area (TPSA) is 43.8 Å². The van der Waals surface area contributed by atoms with Gasteiger partial charge in [-0.3, -0.25) is 9.69 Å². The molecule has 25 heavy (non-hydrogen) atoms. The third-order valence-electron chi connectivity index (χ3n) is 4.58. The summed E-state index contributed by atoms with van der Waals surface area (Å²) >= 11 is 0. The van der Waals surface area contributed by atoms with Crippen molar-refractivity contribution in [1.29, 1.82) is 0 Å². The molecule has 1 saturated heterocycles. The van der Waals surface area contributed by atoms with Crippen LogP contribution < -0.4 is 0 Å². The van der Waals surface area contributed by atoms with Crippen molar-refractivity contribution in [2.24, 2.45) is 0 Å². The monoisotopic (exact) mass is 342 g/mol. The molecule has 0 aliphatic carbocycles. The van der Waals surface area contributed by atoms with Crippen molar-refractivity contribution in [3.63, 3.8) is 0 Å². The number of aliphatic hydroxyl groups excluding tert-OH is 1. The van der Waals surface area contributed by atoms with Crippen molar-refractivity contribution in [3.05, 3.63) is 71.0 Å². The first-order chi connectivity index (χ1) is 11.9. The fourth-order valence-electron chi connectivity index (χ4n) is 3.41. The SMILES string of the molecule is CN(C)C(=O)c1cccc(CN2C[C@@H](O)C[C@H]2c2cccc(F)c2)c1. The lowest BCUT2D eigenvalue weighted by Gasteiger charge is -2.25. The van der Waals surface area contributed by atoms with E-state index in [1.807, 2.05) is 24.3 Å². The number of hydrogen-bond donors (Lipinski definition) is 1. The van der Waals surface area contributed by atoms with E-state index >= 15 is 0 Å². The van der Waals surface area contributed by atoms with Crippen LogP contribution >= 0.6 is 0 Å². The molecule has 3 rings (SSSR count). The van der Waals surface area contributed by atoms with E-state index in [1.165, 1.54) is 12.1 Å². The van der Waals surface area contributed by atoms with Gasteiger partial charge in [-0.1, -0.05) is 24.3 Å². The zero-order chi connectivity index (χ0) is 18.0. The first-order valence-corrected chi connectivity index (χ1v) is 8.42. The maximum Gasteiger partial charge on any atom is 0.253 e. The molecule has 4 nitrogen and oxygen atoms in total. The lowest BCUT2D eigenvalue weighted by Crippen LogP contribution is -2.25. The average molecular weight is 342 g/mol. The molecule has 0 saturated carbocycles.